The molecule has 0 aromatic heterocycles. The van der Waals surface area contributed by atoms with Crippen molar-refractivity contribution in [3.63, 3.8) is 0 Å². The summed E-state index contributed by atoms with van der Waals surface area (Å²) in [4.78, 5) is 30.6. The maximum Gasteiger partial charge on any atom is 0.300 e. The Labute approximate surface area is 205 Å². The molecule has 0 spiro atoms. The standard InChI is InChI=1S/C29H28N2O4/c1-19-7-3-4-8-24(19)26-25(27(32)20-9-15-23(35-2)16-10-20)28(33)29(34)31(26)22-13-11-21(12-14-22)30-17-5-6-18-30/h3-4,7-16,26,32H,5-6,17-18H2,1-2H3/b27-25+. The van der Waals surface area contributed by atoms with Crippen molar-refractivity contribution in [3.8, 4) is 5.75 Å². The highest BCUT2D eigenvalue weighted by Gasteiger charge is 2.47. The van der Waals surface area contributed by atoms with Crippen LogP contribution in [0.1, 0.15) is 35.6 Å². The molecular formula is C29H28N2O4. The van der Waals surface area contributed by atoms with Gasteiger partial charge in [-0.05, 0) is 79.4 Å². The number of nitrogens with zero attached hydrogens (tertiary/aromatic N) is 2. The van der Waals surface area contributed by atoms with E-state index in [0.717, 1.165) is 29.9 Å². The number of carbonyl (C=O) groups is 2. The highest BCUT2D eigenvalue weighted by molar-refractivity contribution is 6.51. The number of methoxy groups -OCH3 is 1. The number of rotatable bonds is 5. The first kappa shape index (κ1) is 22.7. The summed E-state index contributed by atoms with van der Waals surface area (Å²) in [5.41, 5.74) is 3.99. The molecule has 6 nitrogen and oxygen atoms in total. The Balaban J connectivity index is 1.63. The number of Topliss-reactive ketones (excluding diaryl/α,β-unsaturated/α-hetero) is 1. The zero-order valence-corrected chi connectivity index (χ0v) is 19.9. The van der Waals surface area contributed by atoms with Gasteiger partial charge in [-0.2, -0.15) is 0 Å². The van der Waals surface area contributed by atoms with Gasteiger partial charge < -0.3 is 14.7 Å². The normalized spacial score (nSPS) is 19.4. The van der Waals surface area contributed by atoms with Crippen molar-refractivity contribution < 1.29 is 19.4 Å². The quantitative estimate of drug-likeness (QED) is 0.315. The molecule has 1 amide bonds. The number of amides is 1. The lowest BCUT2D eigenvalue weighted by molar-refractivity contribution is -0.132. The van der Waals surface area contributed by atoms with E-state index in [1.165, 1.54) is 17.7 Å². The van der Waals surface area contributed by atoms with Crippen LogP contribution in [0.5, 0.6) is 5.75 Å². The minimum absolute atomic E-state index is 0.0816. The van der Waals surface area contributed by atoms with Crippen LogP contribution >= 0.6 is 0 Å². The van der Waals surface area contributed by atoms with Crippen LogP contribution in [0.4, 0.5) is 11.4 Å². The third kappa shape index (κ3) is 4.05. The fourth-order valence-corrected chi connectivity index (χ4v) is 4.99. The molecule has 0 aliphatic carbocycles. The zero-order chi connectivity index (χ0) is 24.5. The summed E-state index contributed by atoms with van der Waals surface area (Å²) in [7, 11) is 1.56. The fraction of sp³-hybridized carbons (Fsp3) is 0.241. The van der Waals surface area contributed by atoms with E-state index >= 15 is 0 Å². The van der Waals surface area contributed by atoms with Crippen molar-refractivity contribution in [2.24, 2.45) is 0 Å². The summed E-state index contributed by atoms with van der Waals surface area (Å²) >= 11 is 0. The minimum atomic E-state index is -0.740. The summed E-state index contributed by atoms with van der Waals surface area (Å²) in [6, 6.07) is 21.5. The van der Waals surface area contributed by atoms with Gasteiger partial charge in [-0.25, -0.2) is 0 Å². The lowest BCUT2D eigenvalue weighted by atomic mass is 9.92. The number of ketones is 1. The molecule has 178 valence electrons. The first-order valence-corrected chi connectivity index (χ1v) is 11.9. The first-order valence-electron chi connectivity index (χ1n) is 11.9. The van der Waals surface area contributed by atoms with Crippen molar-refractivity contribution >= 4 is 28.8 Å². The lowest BCUT2D eigenvalue weighted by Gasteiger charge is -2.27. The summed E-state index contributed by atoms with van der Waals surface area (Å²) in [6.45, 7) is 3.99. The van der Waals surface area contributed by atoms with Gasteiger partial charge in [0.05, 0.1) is 18.7 Å². The van der Waals surface area contributed by atoms with E-state index in [1.807, 2.05) is 55.5 Å². The SMILES string of the molecule is COc1ccc(/C(O)=C2\C(=O)C(=O)N(c3ccc(N4CCCC4)cc3)C2c2ccccc2C)cc1. The highest BCUT2D eigenvalue weighted by atomic mass is 16.5. The molecular weight excluding hydrogens is 440 g/mol. The highest BCUT2D eigenvalue weighted by Crippen LogP contribution is 2.43. The van der Waals surface area contributed by atoms with E-state index in [4.69, 9.17) is 4.74 Å². The molecule has 0 saturated carbocycles. The third-order valence-electron chi connectivity index (χ3n) is 6.89. The maximum absolute atomic E-state index is 13.4. The van der Waals surface area contributed by atoms with Gasteiger partial charge in [-0.15, -0.1) is 0 Å². The van der Waals surface area contributed by atoms with Crippen LogP contribution in [-0.4, -0.2) is 37.0 Å². The molecule has 2 aliphatic rings. The topological polar surface area (TPSA) is 70.1 Å². The van der Waals surface area contributed by atoms with E-state index in [9.17, 15) is 14.7 Å². The molecule has 0 bridgehead atoms. The average molecular weight is 469 g/mol. The van der Waals surface area contributed by atoms with Gasteiger partial charge in [0, 0.05) is 30.0 Å². The van der Waals surface area contributed by atoms with Gasteiger partial charge in [0.1, 0.15) is 11.5 Å². The predicted molar refractivity (Wildman–Crippen MR) is 137 cm³/mol. The number of anilines is 2. The van der Waals surface area contributed by atoms with E-state index in [0.29, 0.717) is 17.0 Å². The summed E-state index contributed by atoms with van der Waals surface area (Å²) in [6.07, 6.45) is 2.35. The lowest BCUT2D eigenvalue weighted by Crippen LogP contribution is -2.29. The maximum atomic E-state index is 13.4. The Morgan fingerprint density at radius 1 is 0.886 bits per heavy atom. The summed E-state index contributed by atoms with van der Waals surface area (Å²) in [5.74, 6) is -0.914. The number of hydrogen-bond donors (Lipinski definition) is 1. The summed E-state index contributed by atoms with van der Waals surface area (Å²) in [5, 5.41) is 11.3. The van der Waals surface area contributed by atoms with Crippen LogP contribution in [0.15, 0.2) is 78.4 Å². The van der Waals surface area contributed by atoms with Crippen molar-refractivity contribution in [2.45, 2.75) is 25.8 Å². The largest absolute Gasteiger partial charge is 0.507 e. The van der Waals surface area contributed by atoms with Gasteiger partial charge in [0.15, 0.2) is 0 Å². The second kappa shape index (κ2) is 9.29. The van der Waals surface area contributed by atoms with E-state index in [2.05, 4.69) is 4.90 Å². The average Bonchev–Trinajstić information content (AvgIpc) is 3.51. The number of aliphatic hydroxyl groups excluding tert-OH is 1. The van der Waals surface area contributed by atoms with Crippen molar-refractivity contribution in [3.05, 3.63) is 95.1 Å². The Morgan fingerprint density at radius 2 is 1.51 bits per heavy atom. The van der Waals surface area contributed by atoms with Crippen LogP contribution < -0.4 is 14.5 Å². The number of aliphatic hydroxyl groups is 1. The molecule has 1 unspecified atom stereocenters. The Bertz CT molecular complexity index is 1290. The van der Waals surface area contributed by atoms with Gasteiger partial charge in [-0.3, -0.25) is 14.5 Å². The number of aryl methyl sites for hydroxylation is 1. The molecule has 0 radical (unpaired) electrons. The van der Waals surface area contributed by atoms with Crippen molar-refractivity contribution in [1.29, 1.82) is 0 Å². The monoisotopic (exact) mass is 468 g/mol. The molecule has 6 heteroatoms. The number of benzene rings is 3. The smallest absolute Gasteiger partial charge is 0.300 e. The molecule has 5 rings (SSSR count). The molecule has 35 heavy (non-hydrogen) atoms. The molecule has 2 fully saturated rings. The number of ether oxygens (including phenoxy) is 1. The zero-order valence-electron chi connectivity index (χ0n) is 19.9. The number of hydrogen-bond acceptors (Lipinski definition) is 5. The second-order valence-electron chi connectivity index (χ2n) is 8.96. The van der Waals surface area contributed by atoms with E-state index < -0.39 is 17.7 Å². The van der Waals surface area contributed by atoms with Crippen LogP contribution in [0.3, 0.4) is 0 Å². The molecule has 1 atom stereocenters. The van der Waals surface area contributed by atoms with Crippen LogP contribution in [0.2, 0.25) is 0 Å². The van der Waals surface area contributed by atoms with Gasteiger partial charge >= 0.3 is 0 Å². The van der Waals surface area contributed by atoms with E-state index in [1.54, 1.807) is 31.4 Å². The third-order valence-corrected chi connectivity index (χ3v) is 6.89. The minimum Gasteiger partial charge on any atom is -0.507 e. The number of carbonyl (C=O) groups excluding carboxylic acids is 2. The molecule has 2 aliphatic heterocycles. The van der Waals surface area contributed by atoms with Gasteiger partial charge in [0.2, 0.25) is 0 Å². The Hall–Kier alpha value is -4.06. The fourth-order valence-electron chi connectivity index (χ4n) is 4.99. The molecule has 2 saturated heterocycles. The molecule has 3 aromatic rings. The molecule has 3 aromatic carbocycles. The van der Waals surface area contributed by atoms with Crippen LogP contribution in [-0.2, 0) is 9.59 Å². The Kier molecular flexibility index (Phi) is 6.03. The molecule has 2 heterocycles. The van der Waals surface area contributed by atoms with Gasteiger partial charge in [0.25, 0.3) is 11.7 Å². The Morgan fingerprint density at radius 3 is 2.14 bits per heavy atom. The van der Waals surface area contributed by atoms with Crippen molar-refractivity contribution in [1.82, 2.24) is 0 Å². The van der Waals surface area contributed by atoms with Crippen LogP contribution in [0, 0.1) is 6.92 Å². The second-order valence-corrected chi connectivity index (χ2v) is 8.96. The van der Waals surface area contributed by atoms with E-state index in [-0.39, 0.29) is 11.3 Å². The first-order chi connectivity index (χ1) is 17.0. The predicted octanol–water partition coefficient (Wildman–Crippen LogP) is 5.23. The van der Waals surface area contributed by atoms with Gasteiger partial charge in [-0.1, -0.05) is 24.3 Å². The van der Waals surface area contributed by atoms with Crippen molar-refractivity contribution in [2.75, 3.05) is 30.0 Å². The molecule has 1 N–H and O–H groups in total. The summed E-state index contributed by atoms with van der Waals surface area (Å²) < 4.78 is 5.21. The van der Waals surface area contributed by atoms with Crippen LogP contribution in [0.25, 0.3) is 5.76 Å².